The molecule has 1 saturated heterocycles. The molecule has 0 amide bonds. The maximum atomic E-state index is 5.39. The molecule has 1 aliphatic heterocycles. The van der Waals surface area contributed by atoms with Gasteiger partial charge in [-0.25, -0.2) is 15.0 Å². The molecule has 0 saturated carbocycles. The third-order valence-corrected chi connectivity index (χ3v) is 4.47. The van der Waals surface area contributed by atoms with E-state index < -0.39 is 0 Å². The molecule has 2 aromatic heterocycles. The van der Waals surface area contributed by atoms with Gasteiger partial charge in [0.2, 0.25) is 0 Å². The van der Waals surface area contributed by atoms with Crippen LogP contribution < -0.4 is 5.32 Å². The summed E-state index contributed by atoms with van der Waals surface area (Å²) in [5.74, 6) is 1.53. The molecule has 0 atom stereocenters. The van der Waals surface area contributed by atoms with Crippen LogP contribution in [0.25, 0.3) is 5.82 Å². The fourth-order valence-corrected chi connectivity index (χ4v) is 2.97. The van der Waals surface area contributed by atoms with Gasteiger partial charge in [-0.15, -0.1) is 0 Å². The van der Waals surface area contributed by atoms with Crippen LogP contribution in [-0.4, -0.2) is 57.3 Å². The number of rotatable bonds is 6. The molecule has 3 aromatic rings. The maximum Gasteiger partial charge on any atom is 0.143 e. The van der Waals surface area contributed by atoms with Crippen LogP contribution in [0.2, 0.25) is 0 Å². The smallest absolute Gasteiger partial charge is 0.143 e. The Bertz CT molecular complexity index is 812. The van der Waals surface area contributed by atoms with E-state index in [4.69, 9.17) is 4.74 Å². The Morgan fingerprint density at radius 1 is 1.08 bits per heavy atom. The van der Waals surface area contributed by atoms with Crippen molar-refractivity contribution < 1.29 is 4.74 Å². The van der Waals surface area contributed by atoms with Crippen LogP contribution in [0.1, 0.15) is 5.56 Å². The standard InChI is InChI=1S/C19H22N6O/c1-3-17(4-2-16(1)5-7-24-9-11-26-12-10-24)23-18-13-19(22-14-21-18)25-8-6-20-15-25/h1-4,6,8,13-15H,5,7,9-12H2,(H,21,22,23). The van der Waals surface area contributed by atoms with Gasteiger partial charge in [-0.1, -0.05) is 12.1 Å². The summed E-state index contributed by atoms with van der Waals surface area (Å²) in [6.07, 6.45) is 7.91. The van der Waals surface area contributed by atoms with E-state index in [1.807, 2.05) is 16.8 Å². The molecular formula is C19H22N6O. The van der Waals surface area contributed by atoms with Gasteiger partial charge in [0.05, 0.1) is 13.2 Å². The van der Waals surface area contributed by atoms with E-state index in [-0.39, 0.29) is 0 Å². The number of nitrogens with one attached hydrogen (secondary N) is 1. The number of morpholine rings is 1. The first-order chi connectivity index (χ1) is 12.9. The van der Waals surface area contributed by atoms with Crippen LogP contribution >= 0.6 is 0 Å². The average Bonchev–Trinajstić information content (AvgIpc) is 3.23. The summed E-state index contributed by atoms with van der Waals surface area (Å²) in [4.78, 5) is 15.1. The van der Waals surface area contributed by atoms with Gasteiger partial charge in [0.25, 0.3) is 0 Å². The molecule has 7 heteroatoms. The molecule has 3 heterocycles. The number of imidazole rings is 1. The van der Waals surface area contributed by atoms with Gasteiger partial charge in [-0.2, -0.15) is 0 Å². The van der Waals surface area contributed by atoms with Crippen molar-refractivity contribution in [2.75, 3.05) is 38.2 Å². The zero-order chi connectivity index (χ0) is 17.6. The summed E-state index contributed by atoms with van der Waals surface area (Å²) in [5, 5.41) is 3.33. The topological polar surface area (TPSA) is 68.1 Å². The highest BCUT2D eigenvalue weighted by Crippen LogP contribution is 2.17. The Morgan fingerprint density at radius 3 is 2.69 bits per heavy atom. The number of aromatic nitrogens is 4. The Kier molecular flexibility index (Phi) is 5.18. The van der Waals surface area contributed by atoms with E-state index in [0.29, 0.717) is 0 Å². The van der Waals surface area contributed by atoms with Gasteiger partial charge in [0.15, 0.2) is 0 Å². The Hall–Kier alpha value is -2.77. The summed E-state index contributed by atoms with van der Waals surface area (Å²) in [7, 11) is 0. The molecule has 0 bridgehead atoms. The zero-order valence-electron chi connectivity index (χ0n) is 14.6. The second kappa shape index (κ2) is 8.07. The Balaban J connectivity index is 1.36. The predicted molar refractivity (Wildman–Crippen MR) is 99.8 cm³/mol. The van der Waals surface area contributed by atoms with Crippen molar-refractivity contribution in [1.82, 2.24) is 24.4 Å². The van der Waals surface area contributed by atoms with Crippen LogP contribution in [0.5, 0.6) is 0 Å². The molecule has 1 aliphatic rings. The van der Waals surface area contributed by atoms with Crippen molar-refractivity contribution in [2.24, 2.45) is 0 Å². The third kappa shape index (κ3) is 4.25. The summed E-state index contributed by atoms with van der Waals surface area (Å²) < 4.78 is 7.24. The first-order valence-electron chi connectivity index (χ1n) is 8.83. The van der Waals surface area contributed by atoms with Crippen molar-refractivity contribution in [2.45, 2.75) is 6.42 Å². The summed E-state index contributed by atoms with van der Waals surface area (Å²) in [5.41, 5.74) is 2.35. The largest absolute Gasteiger partial charge is 0.379 e. The first-order valence-corrected chi connectivity index (χ1v) is 8.83. The SMILES string of the molecule is c1cn(-c2cc(Nc3ccc(CCN4CCOCC4)cc3)ncn2)cn1. The second-order valence-corrected chi connectivity index (χ2v) is 6.26. The minimum atomic E-state index is 0.754. The van der Waals surface area contributed by atoms with Gasteiger partial charge >= 0.3 is 0 Å². The molecule has 1 N–H and O–H groups in total. The van der Waals surface area contributed by atoms with Crippen LogP contribution in [-0.2, 0) is 11.2 Å². The van der Waals surface area contributed by atoms with E-state index in [2.05, 4.69) is 49.4 Å². The van der Waals surface area contributed by atoms with E-state index in [9.17, 15) is 0 Å². The van der Waals surface area contributed by atoms with Crippen molar-refractivity contribution in [3.63, 3.8) is 0 Å². The fraction of sp³-hybridized carbons (Fsp3) is 0.316. The number of anilines is 2. The predicted octanol–water partition coefficient (Wildman–Crippen LogP) is 2.28. The summed E-state index contributed by atoms with van der Waals surface area (Å²) in [6, 6.07) is 10.4. The molecule has 0 radical (unpaired) electrons. The Labute approximate surface area is 152 Å². The monoisotopic (exact) mass is 350 g/mol. The van der Waals surface area contributed by atoms with Crippen LogP contribution in [0.3, 0.4) is 0 Å². The lowest BCUT2D eigenvalue weighted by molar-refractivity contribution is 0.0384. The molecule has 1 aromatic carbocycles. The van der Waals surface area contributed by atoms with Crippen molar-refractivity contribution >= 4 is 11.5 Å². The van der Waals surface area contributed by atoms with Gasteiger partial charge in [-0.3, -0.25) is 9.47 Å². The molecule has 26 heavy (non-hydrogen) atoms. The minimum absolute atomic E-state index is 0.754. The lowest BCUT2D eigenvalue weighted by Gasteiger charge is -2.26. The number of ether oxygens (including phenoxy) is 1. The number of hydrogen-bond acceptors (Lipinski definition) is 6. The number of hydrogen-bond donors (Lipinski definition) is 1. The molecule has 7 nitrogen and oxygen atoms in total. The van der Waals surface area contributed by atoms with Gasteiger partial charge in [0.1, 0.15) is 24.3 Å². The lowest BCUT2D eigenvalue weighted by Crippen LogP contribution is -2.37. The van der Waals surface area contributed by atoms with E-state index >= 15 is 0 Å². The van der Waals surface area contributed by atoms with Crippen LogP contribution in [0.4, 0.5) is 11.5 Å². The minimum Gasteiger partial charge on any atom is -0.379 e. The van der Waals surface area contributed by atoms with Crippen molar-refractivity contribution in [3.8, 4) is 5.82 Å². The highest BCUT2D eigenvalue weighted by Gasteiger charge is 2.09. The molecule has 0 aliphatic carbocycles. The van der Waals surface area contributed by atoms with Gasteiger partial charge < -0.3 is 10.1 Å². The first kappa shape index (κ1) is 16.7. The average molecular weight is 350 g/mol. The molecular weight excluding hydrogens is 328 g/mol. The molecule has 0 spiro atoms. The molecule has 0 unspecified atom stereocenters. The van der Waals surface area contributed by atoms with Gasteiger partial charge in [0, 0.05) is 43.8 Å². The zero-order valence-corrected chi connectivity index (χ0v) is 14.6. The molecule has 1 fully saturated rings. The van der Waals surface area contributed by atoms with E-state index in [1.165, 1.54) is 5.56 Å². The number of benzene rings is 1. The summed E-state index contributed by atoms with van der Waals surface area (Å²) >= 11 is 0. The molecule has 134 valence electrons. The Morgan fingerprint density at radius 2 is 1.92 bits per heavy atom. The highest BCUT2D eigenvalue weighted by molar-refractivity contribution is 5.57. The van der Waals surface area contributed by atoms with E-state index in [1.54, 1.807) is 18.9 Å². The van der Waals surface area contributed by atoms with Crippen LogP contribution in [0, 0.1) is 0 Å². The lowest BCUT2D eigenvalue weighted by atomic mass is 10.1. The maximum absolute atomic E-state index is 5.39. The van der Waals surface area contributed by atoms with E-state index in [0.717, 1.165) is 56.6 Å². The van der Waals surface area contributed by atoms with Crippen LogP contribution in [0.15, 0.2) is 55.4 Å². The normalized spacial score (nSPS) is 15.1. The number of nitrogens with zero attached hydrogens (tertiary/aromatic N) is 5. The fourth-order valence-electron chi connectivity index (χ4n) is 2.97. The highest BCUT2D eigenvalue weighted by atomic mass is 16.5. The summed E-state index contributed by atoms with van der Waals surface area (Å²) in [6.45, 7) is 4.85. The molecule has 4 rings (SSSR count). The van der Waals surface area contributed by atoms with Crippen molar-refractivity contribution in [3.05, 3.63) is 60.9 Å². The third-order valence-electron chi connectivity index (χ3n) is 4.47. The second-order valence-electron chi connectivity index (χ2n) is 6.26. The quantitative estimate of drug-likeness (QED) is 0.736. The van der Waals surface area contributed by atoms with Crippen molar-refractivity contribution in [1.29, 1.82) is 0 Å². The van der Waals surface area contributed by atoms with Gasteiger partial charge in [-0.05, 0) is 24.1 Å².